The molecule has 5 heteroatoms. The molecule has 0 bridgehead atoms. The molecule has 33 heavy (non-hydrogen) atoms. The Balaban J connectivity index is 1.79. The number of nitrogens with one attached hydrogen (secondary N) is 1. The molecule has 2 aromatic carbocycles. The lowest BCUT2D eigenvalue weighted by molar-refractivity contribution is 0.0664. The Morgan fingerprint density at radius 3 is 2.36 bits per heavy atom. The molecule has 0 spiro atoms. The van der Waals surface area contributed by atoms with E-state index in [4.69, 9.17) is 0 Å². The Morgan fingerprint density at radius 2 is 1.73 bits per heavy atom. The van der Waals surface area contributed by atoms with Gasteiger partial charge in [-0.05, 0) is 69.1 Å². The largest absolute Gasteiger partial charge is 0.379 e. The first kappa shape index (κ1) is 23.1. The minimum atomic E-state index is 0.119. The first-order chi connectivity index (χ1) is 15.8. The lowest BCUT2D eigenvalue weighted by Gasteiger charge is -2.32. The highest BCUT2D eigenvalue weighted by molar-refractivity contribution is 6.04. The van der Waals surface area contributed by atoms with E-state index >= 15 is 0 Å². The molecule has 0 saturated carbocycles. The van der Waals surface area contributed by atoms with Crippen LogP contribution in [0.1, 0.15) is 38.3 Å². The molecule has 0 atom stereocenters. The van der Waals surface area contributed by atoms with Gasteiger partial charge >= 0.3 is 0 Å². The van der Waals surface area contributed by atoms with E-state index in [1.807, 2.05) is 11.0 Å². The van der Waals surface area contributed by atoms with Crippen LogP contribution in [-0.2, 0) is 13.1 Å². The number of amides is 1. The number of piperazine rings is 1. The van der Waals surface area contributed by atoms with Crippen LogP contribution in [0.5, 0.6) is 0 Å². The third-order valence-electron chi connectivity index (χ3n) is 7.18. The normalized spacial score (nSPS) is 14.6. The second-order valence-electron chi connectivity index (χ2n) is 9.35. The molecule has 174 valence electrons. The van der Waals surface area contributed by atoms with Crippen molar-refractivity contribution in [2.75, 3.05) is 38.5 Å². The van der Waals surface area contributed by atoms with Gasteiger partial charge in [-0.2, -0.15) is 0 Å². The predicted octanol–water partition coefficient (Wildman–Crippen LogP) is 5.06. The number of nitrogens with zero attached hydrogens (tertiary/aromatic N) is 3. The molecule has 4 rings (SSSR count). The van der Waals surface area contributed by atoms with Gasteiger partial charge in [0.25, 0.3) is 5.91 Å². The van der Waals surface area contributed by atoms with Crippen LogP contribution in [-0.4, -0.2) is 53.5 Å². The number of carbonyl (C=O) groups is 1. The van der Waals surface area contributed by atoms with Crippen molar-refractivity contribution in [2.24, 2.45) is 0 Å². The number of hydrogen-bond acceptors (Lipinski definition) is 3. The van der Waals surface area contributed by atoms with E-state index < -0.39 is 0 Å². The number of aromatic nitrogens is 1. The maximum Gasteiger partial charge on any atom is 0.254 e. The minimum Gasteiger partial charge on any atom is -0.379 e. The summed E-state index contributed by atoms with van der Waals surface area (Å²) >= 11 is 0. The Hall–Kier alpha value is -3.05. The molecule has 5 nitrogen and oxygen atoms in total. The molecular weight excluding hydrogens is 408 g/mol. The maximum atomic E-state index is 13.5. The zero-order valence-corrected chi connectivity index (χ0v) is 20.7. The second kappa shape index (κ2) is 9.44. The lowest BCUT2D eigenvalue weighted by Crippen LogP contribution is -2.47. The van der Waals surface area contributed by atoms with Gasteiger partial charge in [0.1, 0.15) is 0 Å². The van der Waals surface area contributed by atoms with Crippen LogP contribution in [0.4, 0.5) is 5.69 Å². The van der Waals surface area contributed by atoms with E-state index in [2.05, 4.69) is 86.4 Å². The number of anilines is 1. The summed E-state index contributed by atoms with van der Waals surface area (Å²) in [5.41, 5.74) is 9.19. The predicted molar refractivity (Wildman–Crippen MR) is 138 cm³/mol. The molecule has 0 radical (unpaired) electrons. The maximum absolute atomic E-state index is 13.5. The first-order valence-corrected chi connectivity index (χ1v) is 11.8. The number of rotatable bonds is 6. The molecule has 1 aliphatic heterocycles. The van der Waals surface area contributed by atoms with Crippen molar-refractivity contribution < 1.29 is 4.79 Å². The van der Waals surface area contributed by atoms with Gasteiger partial charge in [-0.15, -0.1) is 6.58 Å². The van der Waals surface area contributed by atoms with Crippen molar-refractivity contribution in [3.63, 3.8) is 0 Å². The van der Waals surface area contributed by atoms with E-state index in [-0.39, 0.29) is 5.91 Å². The Labute approximate surface area is 197 Å². The van der Waals surface area contributed by atoms with Gasteiger partial charge < -0.3 is 19.7 Å². The zero-order chi connectivity index (χ0) is 23.7. The van der Waals surface area contributed by atoms with Crippen molar-refractivity contribution in [3.05, 3.63) is 76.5 Å². The van der Waals surface area contributed by atoms with Gasteiger partial charge in [-0.1, -0.05) is 24.3 Å². The number of carbonyl (C=O) groups excluding carboxylic acids is 1. The summed E-state index contributed by atoms with van der Waals surface area (Å²) in [4.78, 5) is 17.7. The lowest BCUT2D eigenvalue weighted by atomic mass is 10.0. The highest BCUT2D eigenvalue weighted by atomic mass is 16.2. The summed E-state index contributed by atoms with van der Waals surface area (Å²) in [6.45, 7) is 17.4. The standard InChI is InChI=1S/C28H36N4O/c1-7-11-32-22(5)21(4)24-16-23(28(33)31-14-12-30(6)13-15-31)17-26(27(24)32)29-18-25-19(2)9-8-10-20(25)3/h7-10,16-17,29H,1,11-15,18H2,2-6H3. The van der Waals surface area contributed by atoms with Gasteiger partial charge in [0.2, 0.25) is 0 Å². The molecule has 1 N–H and O–H groups in total. The summed E-state index contributed by atoms with van der Waals surface area (Å²) in [5.74, 6) is 0.119. The molecular formula is C28H36N4O. The number of benzene rings is 2. The highest BCUT2D eigenvalue weighted by Crippen LogP contribution is 2.34. The van der Waals surface area contributed by atoms with Crippen LogP contribution in [0.2, 0.25) is 0 Å². The fraction of sp³-hybridized carbons (Fsp3) is 0.393. The van der Waals surface area contributed by atoms with E-state index in [1.165, 1.54) is 27.9 Å². The van der Waals surface area contributed by atoms with Crippen molar-refractivity contribution in [1.82, 2.24) is 14.4 Å². The average Bonchev–Trinajstić information content (AvgIpc) is 3.04. The van der Waals surface area contributed by atoms with Gasteiger partial charge in [-0.25, -0.2) is 0 Å². The van der Waals surface area contributed by atoms with Gasteiger partial charge in [0, 0.05) is 55.9 Å². The molecule has 1 saturated heterocycles. The van der Waals surface area contributed by atoms with Crippen LogP contribution in [0.25, 0.3) is 10.9 Å². The summed E-state index contributed by atoms with van der Waals surface area (Å²) in [6.07, 6.45) is 1.93. The van der Waals surface area contributed by atoms with Crippen molar-refractivity contribution in [2.45, 2.75) is 40.8 Å². The quantitative estimate of drug-likeness (QED) is 0.540. The first-order valence-electron chi connectivity index (χ1n) is 11.8. The fourth-order valence-electron chi connectivity index (χ4n) is 4.90. The van der Waals surface area contributed by atoms with Crippen molar-refractivity contribution in [1.29, 1.82) is 0 Å². The summed E-state index contributed by atoms with van der Waals surface area (Å²) < 4.78 is 2.30. The molecule has 2 heterocycles. The van der Waals surface area contributed by atoms with Crippen molar-refractivity contribution >= 4 is 22.5 Å². The minimum absolute atomic E-state index is 0.119. The smallest absolute Gasteiger partial charge is 0.254 e. The van der Waals surface area contributed by atoms with E-state index in [1.54, 1.807) is 0 Å². The van der Waals surface area contributed by atoms with Crippen LogP contribution >= 0.6 is 0 Å². The van der Waals surface area contributed by atoms with Gasteiger partial charge in [-0.3, -0.25) is 4.79 Å². The number of likely N-dealkylation sites (N-methyl/N-ethyl adjacent to an activating group) is 1. The zero-order valence-electron chi connectivity index (χ0n) is 20.7. The molecule has 3 aromatic rings. The number of aryl methyl sites for hydroxylation is 3. The number of allylic oxidation sites excluding steroid dienone is 1. The summed E-state index contributed by atoms with van der Waals surface area (Å²) in [7, 11) is 2.11. The monoisotopic (exact) mass is 444 g/mol. The van der Waals surface area contributed by atoms with Crippen molar-refractivity contribution in [3.8, 4) is 0 Å². The summed E-state index contributed by atoms with van der Waals surface area (Å²) in [6, 6.07) is 10.5. The third-order valence-corrected chi connectivity index (χ3v) is 7.18. The Kier molecular flexibility index (Phi) is 6.61. The number of fused-ring (bicyclic) bond motifs is 1. The molecule has 1 aromatic heterocycles. The molecule has 0 aliphatic carbocycles. The van der Waals surface area contributed by atoms with E-state index in [9.17, 15) is 4.79 Å². The van der Waals surface area contributed by atoms with Crippen LogP contribution in [0.3, 0.4) is 0 Å². The average molecular weight is 445 g/mol. The van der Waals surface area contributed by atoms with Crippen LogP contribution < -0.4 is 5.32 Å². The fourth-order valence-corrected chi connectivity index (χ4v) is 4.90. The molecule has 1 fully saturated rings. The SMILES string of the molecule is C=CCn1c(C)c(C)c2cc(C(=O)N3CCN(C)CC3)cc(NCc3c(C)cccc3C)c21. The second-order valence-corrected chi connectivity index (χ2v) is 9.35. The van der Waals surface area contributed by atoms with Crippen LogP contribution in [0, 0.1) is 27.7 Å². The number of hydrogen-bond donors (Lipinski definition) is 1. The topological polar surface area (TPSA) is 40.5 Å². The van der Waals surface area contributed by atoms with Gasteiger partial charge in [0.05, 0.1) is 11.2 Å². The van der Waals surface area contributed by atoms with E-state index in [0.29, 0.717) is 0 Å². The van der Waals surface area contributed by atoms with E-state index in [0.717, 1.165) is 61.4 Å². The van der Waals surface area contributed by atoms with Crippen LogP contribution in [0.15, 0.2) is 43.0 Å². The summed E-state index contributed by atoms with van der Waals surface area (Å²) in [5, 5.41) is 4.83. The molecule has 1 aliphatic rings. The van der Waals surface area contributed by atoms with Gasteiger partial charge in [0.15, 0.2) is 0 Å². The molecule has 1 amide bonds. The Bertz CT molecular complexity index is 1180. The third kappa shape index (κ3) is 4.42. The Morgan fingerprint density at radius 1 is 1.06 bits per heavy atom. The highest BCUT2D eigenvalue weighted by Gasteiger charge is 2.23. The molecule has 0 unspecified atom stereocenters.